The Kier molecular flexibility index (Phi) is 5.69. The molecule has 5 heteroatoms. The third-order valence-electron chi connectivity index (χ3n) is 4.94. The molecule has 0 fully saturated rings. The maximum Gasteiger partial charge on any atom is 0.343 e. The zero-order valence-electron chi connectivity index (χ0n) is 17.7. The summed E-state index contributed by atoms with van der Waals surface area (Å²) < 4.78 is 16.7. The Labute approximate surface area is 172 Å². The number of rotatable bonds is 5. The predicted octanol–water partition coefficient (Wildman–Crippen LogP) is 5.31. The summed E-state index contributed by atoms with van der Waals surface area (Å²) in [5, 5.41) is 0. The van der Waals surface area contributed by atoms with E-state index in [1.807, 2.05) is 13.0 Å². The second-order valence-electron chi connectivity index (χ2n) is 8.68. The zero-order chi connectivity index (χ0) is 21.2. The van der Waals surface area contributed by atoms with Crippen LogP contribution < -0.4 is 9.47 Å². The molecule has 0 radical (unpaired) electrons. The third-order valence-corrected chi connectivity index (χ3v) is 4.94. The molecule has 0 saturated carbocycles. The summed E-state index contributed by atoms with van der Waals surface area (Å²) in [4.78, 5) is 24.5. The molecule has 0 amide bonds. The smallest absolute Gasteiger partial charge is 0.343 e. The molecule has 0 atom stereocenters. The average Bonchev–Trinajstić information content (AvgIpc) is 2.64. The van der Waals surface area contributed by atoms with Crippen molar-refractivity contribution in [1.29, 1.82) is 0 Å². The van der Waals surface area contributed by atoms with E-state index in [1.165, 1.54) is 0 Å². The molecule has 1 aliphatic rings. The van der Waals surface area contributed by atoms with E-state index < -0.39 is 5.97 Å². The molecule has 0 N–H and O–H groups in total. The summed E-state index contributed by atoms with van der Waals surface area (Å²) in [6.45, 7) is 10.8. The number of hydrogen-bond acceptors (Lipinski definition) is 5. The van der Waals surface area contributed by atoms with Crippen LogP contribution in [0.15, 0.2) is 42.5 Å². The Hall–Kier alpha value is -2.82. The number of ether oxygens (including phenoxy) is 3. The number of benzene rings is 2. The van der Waals surface area contributed by atoms with Gasteiger partial charge in [-0.2, -0.15) is 0 Å². The highest BCUT2D eigenvalue weighted by Crippen LogP contribution is 2.44. The maximum atomic E-state index is 12.6. The molecule has 5 nitrogen and oxygen atoms in total. The van der Waals surface area contributed by atoms with Gasteiger partial charge in [-0.15, -0.1) is 0 Å². The fraction of sp³-hybridized carbons (Fsp3) is 0.417. The van der Waals surface area contributed by atoms with Crippen LogP contribution in [0.3, 0.4) is 0 Å². The van der Waals surface area contributed by atoms with Crippen molar-refractivity contribution in [2.45, 2.75) is 58.5 Å². The fourth-order valence-electron chi connectivity index (χ4n) is 3.89. The van der Waals surface area contributed by atoms with E-state index in [1.54, 1.807) is 36.4 Å². The van der Waals surface area contributed by atoms with Crippen molar-refractivity contribution in [3.8, 4) is 11.5 Å². The lowest BCUT2D eigenvalue weighted by Gasteiger charge is -2.42. The average molecular weight is 396 g/mol. The lowest BCUT2D eigenvalue weighted by Crippen LogP contribution is -2.41. The fourth-order valence-corrected chi connectivity index (χ4v) is 3.89. The summed E-state index contributed by atoms with van der Waals surface area (Å²) in [7, 11) is 0. The third kappa shape index (κ3) is 4.78. The van der Waals surface area contributed by atoms with Crippen molar-refractivity contribution in [3.05, 3.63) is 59.2 Å². The van der Waals surface area contributed by atoms with Crippen LogP contribution in [0.4, 0.5) is 0 Å². The lowest BCUT2D eigenvalue weighted by molar-refractivity contribution is 0.0503. The molecule has 0 unspecified atom stereocenters. The predicted molar refractivity (Wildman–Crippen MR) is 111 cm³/mol. The monoisotopic (exact) mass is 396 g/mol. The van der Waals surface area contributed by atoms with Gasteiger partial charge in [0.15, 0.2) is 0 Å². The van der Waals surface area contributed by atoms with Crippen LogP contribution in [-0.4, -0.2) is 24.1 Å². The van der Waals surface area contributed by atoms with Gasteiger partial charge in [-0.3, -0.25) is 0 Å². The van der Waals surface area contributed by atoms with Gasteiger partial charge < -0.3 is 14.2 Å². The molecule has 2 aromatic rings. The van der Waals surface area contributed by atoms with Gasteiger partial charge in [0.1, 0.15) is 17.1 Å². The van der Waals surface area contributed by atoms with Crippen molar-refractivity contribution in [1.82, 2.24) is 0 Å². The molecular weight excluding hydrogens is 368 g/mol. The van der Waals surface area contributed by atoms with Crippen LogP contribution in [0.25, 0.3) is 0 Å². The molecule has 154 valence electrons. The van der Waals surface area contributed by atoms with Crippen LogP contribution >= 0.6 is 0 Å². The van der Waals surface area contributed by atoms with E-state index in [9.17, 15) is 9.59 Å². The number of carbonyl (C=O) groups is 2. The first-order valence-electron chi connectivity index (χ1n) is 9.94. The minimum Gasteiger partial charge on any atom is -0.488 e. The molecule has 29 heavy (non-hydrogen) atoms. The van der Waals surface area contributed by atoms with Crippen LogP contribution in [0.5, 0.6) is 11.5 Å². The highest BCUT2D eigenvalue weighted by Gasteiger charge is 2.39. The van der Waals surface area contributed by atoms with Crippen molar-refractivity contribution in [2.24, 2.45) is 0 Å². The van der Waals surface area contributed by atoms with E-state index in [0.717, 1.165) is 24.2 Å². The first-order valence-corrected chi connectivity index (χ1v) is 9.94. The maximum absolute atomic E-state index is 12.6. The van der Waals surface area contributed by atoms with E-state index in [4.69, 9.17) is 14.2 Å². The standard InChI is InChI=1S/C24H28O5/c1-6-13-27-21(25)16-7-10-18(11-8-16)28-22(26)17-9-12-19-20(14-17)29-24(4,5)15-23(19,2)3/h7-12,14H,6,13,15H2,1-5H3. The molecule has 0 aliphatic carbocycles. The Morgan fingerprint density at radius 2 is 1.62 bits per heavy atom. The number of esters is 2. The summed E-state index contributed by atoms with van der Waals surface area (Å²) in [5.41, 5.74) is 1.58. The second kappa shape index (κ2) is 7.90. The number of hydrogen-bond donors (Lipinski definition) is 0. The largest absolute Gasteiger partial charge is 0.488 e. The van der Waals surface area contributed by atoms with Crippen molar-refractivity contribution < 1.29 is 23.8 Å². The topological polar surface area (TPSA) is 61.8 Å². The highest BCUT2D eigenvalue weighted by molar-refractivity contribution is 5.92. The van der Waals surface area contributed by atoms with Gasteiger partial charge in [0.2, 0.25) is 0 Å². The summed E-state index contributed by atoms with van der Waals surface area (Å²) >= 11 is 0. The lowest BCUT2D eigenvalue weighted by atomic mass is 9.73. The normalized spacial score (nSPS) is 16.3. The molecule has 1 heterocycles. The Balaban J connectivity index is 1.74. The van der Waals surface area contributed by atoms with Gasteiger partial charge in [0.25, 0.3) is 0 Å². The van der Waals surface area contributed by atoms with Crippen molar-refractivity contribution >= 4 is 11.9 Å². The first-order chi connectivity index (χ1) is 13.6. The highest BCUT2D eigenvalue weighted by atomic mass is 16.5. The van der Waals surface area contributed by atoms with E-state index in [2.05, 4.69) is 27.7 Å². The van der Waals surface area contributed by atoms with Crippen LogP contribution in [0.1, 0.15) is 73.7 Å². The van der Waals surface area contributed by atoms with Gasteiger partial charge in [0, 0.05) is 0 Å². The van der Waals surface area contributed by atoms with Gasteiger partial charge in [-0.05, 0) is 74.1 Å². The second-order valence-corrected chi connectivity index (χ2v) is 8.68. The Morgan fingerprint density at radius 1 is 0.966 bits per heavy atom. The summed E-state index contributed by atoms with van der Waals surface area (Å²) in [6.07, 6.45) is 1.66. The summed E-state index contributed by atoms with van der Waals surface area (Å²) in [5.74, 6) is 0.219. The van der Waals surface area contributed by atoms with Crippen molar-refractivity contribution in [2.75, 3.05) is 6.61 Å². The molecular formula is C24H28O5. The first kappa shape index (κ1) is 20.9. The van der Waals surface area contributed by atoms with E-state index in [0.29, 0.717) is 23.5 Å². The minimum absolute atomic E-state index is 0.0399. The molecule has 0 saturated heterocycles. The van der Waals surface area contributed by atoms with Gasteiger partial charge in [-0.1, -0.05) is 26.8 Å². The molecule has 2 aromatic carbocycles. The molecule has 3 rings (SSSR count). The van der Waals surface area contributed by atoms with Crippen LogP contribution in [-0.2, 0) is 10.2 Å². The Morgan fingerprint density at radius 3 is 2.28 bits per heavy atom. The van der Waals surface area contributed by atoms with Crippen LogP contribution in [0, 0.1) is 0 Å². The molecule has 0 aromatic heterocycles. The van der Waals surface area contributed by atoms with Gasteiger partial charge in [0.05, 0.1) is 17.7 Å². The van der Waals surface area contributed by atoms with Crippen LogP contribution in [0.2, 0.25) is 0 Å². The Bertz CT molecular complexity index is 909. The van der Waals surface area contributed by atoms with E-state index >= 15 is 0 Å². The van der Waals surface area contributed by atoms with Crippen molar-refractivity contribution in [3.63, 3.8) is 0 Å². The summed E-state index contributed by atoms with van der Waals surface area (Å²) in [6, 6.07) is 11.8. The van der Waals surface area contributed by atoms with Gasteiger partial charge in [-0.25, -0.2) is 9.59 Å². The quantitative estimate of drug-likeness (QED) is 0.506. The minimum atomic E-state index is -0.473. The number of carbonyl (C=O) groups excluding carboxylic acids is 2. The van der Waals surface area contributed by atoms with Gasteiger partial charge >= 0.3 is 11.9 Å². The van der Waals surface area contributed by atoms with E-state index in [-0.39, 0.29) is 17.0 Å². The molecule has 1 aliphatic heterocycles. The molecule has 0 spiro atoms. The SMILES string of the molecule is CCCOC(=O)c1ccc(OC(=O)c2ccc3c(c2)OC(C)(C)CC3(C)C)cc1. The zero-order valence-corrected chi connectivity index (χ0v) is 17.7. The molecule has 0 bridgehead atoms. The number of fused-ring (bicyclic) bond motifs is 1.